The lowest BCUT2D eigenvalue weighted by Gasteiger charge is -2.20. The van der Waals surface area contributed by atoms with Crippen molar-refractivity contribution in [2.45, 2.75) is 31.7 Å². The van der Waals surface area contributed by atoms with Crippen molar-refractivity contribution >= 4 is 22.4 Å². The normalized spacial score (nSPS) is 15.0. The van der Waals surface area contributed by atoms with Gasteiger partial charge in [0.15, 0.2) is 0 Å². The number of aliphatic hydroxyl groups excluding tert-OH is 1. The molecule has 6 nitrogen and oxygen atoms in total. The average molecular weight is 270 g/mol. The van der Waals surface area contributed by atoms with Crippen LogP contribution in [0.1, 0.15) is 25.7 Å². The van der Waals surface area contributed by atoms with Gasteiger partial charge < -0.3 is 5.11 Å². The van der Waals surface area contributed by atoms with Crippen molar-refractivity contribution in [3.8, 4) is 0 Å². The van der Waals surface area contributed by atoms with E-state index in [1.165, 1.54) is 24.2 Å². The fourth-order valence-corrected chi connectivity index (χ4v) is 2.29. The van der Waals surface area contributed by atoms with Crippen LogP contribution in [0.4, 0.5) is 5.13 Å². The Hall–Kier alpha value is -1.05. The number of nitrogens with one attached hydrogen (secondary N) is 1. The number of hydrogen-bond acceptors (Lipinski definition) is 6. The van der Waals surface area contributed by atoms with Gasteiger partial charge in [-0.15, -0.1) is 10.2 Å². The molecule has 7 heteroatoms. The van der Waals surface area contributed by atoms with E-state index in [1.54, 1.807) is 5.51 Å². The zero-order chi connectivity index (χ0) is 12.8. The van der Waals surface area contributed by atoms with Crippen LogP contribution in [0, 0.1) is 0 Å². The van der Waals surface area contributed by atoms with Crippen LogP contribution in [0.3, 0.4) is 0 Å². The summed E-state index contributed by atoms with van der Waals surface area (Å²) in [5.74, 6) is -0.0392. The summed E-state index contributed by atoms with van der Waals surface area (Å²) in [4.78, 5) is 14.0. The molecule has 1 saturated carbocycles. The molecular formula is C11H18N4O2S. The molecule has 100 valence electrons. The zero-order valence-electron chi connectivity index (χ0n) is 10.2. The summed E-state index contributed by atoms with van der Waals surface area (Å²) in [6.45, 7) is 1.49. The highest BCUT2D eigenvalue weighted by Crippen LogP contribution is 2.26. The molecule has 0 unspecified atom stereocenters. The fraction of sp³-hybridized carbons (Fsp3) is 0.727. The minimum atomic E-state index is -0.0392. The monoisotopic (exact) mass is 270 g/mol. The largest absolute Gasteiger partial charge is 0.396 e. The van der Waals surface area contributed by atoms with E-state index in [-0.39, 0.29) is 12.5 Å². The molecule has 1 aliphatic rings. The van der Waals surface area contributed by atoms with Crippen molar-refractivity contribution in [2.24, 2.45) is 0 Å². The number of unbranched alkanes of at least 4 members (excludes halogenated alkanes) is 1. The first-order valence-electron chi connectivity index (χ1n) is 6.20. The number of hydrogen-bond donors (Lipinski definition) is 2. The minimum Gasteiger partial charge on any atom is -0.396 e. The number of aliphatic hydroxyl groups is 1. The number of aromatic nitrogens is 2. The maximum absolute atomic E-state index is 11.8. The Morgan fingerprint density at radius 3 is 3.00 bits per heavy atom. The highest BCUT2D eigenvalue weighted by atomic mass is 32.1. The predicted octanol–water partition coefficient (Wildman–Crippen LogP) is 0.713. The van der Waals surface area contributed by atoms with E-state index in [1.807, 2.05) is 0 Å². The third kappa shape index (κ3) is 4.32. The summed E-state index contributed by atoms with van der Waals surface area (Å²) >= 11 is 1.32. The van der Waals surface area contributed by atoms with Crippen molar-refractivity contribution in [3.05, 3.63) is 5.51 Å². The lowest BCUT2D eigenvalue weighted by molar-refractivity contribution is -0.117. The quantitative estimate of drug-likeness (QED) is 0.680. The first-order valence-corrected chi connectivity index (χ1v) is 7.08. The van der Waals surface area contributed by atoms with Crippen LogP contribution in [0.25, 0.3) is 0 Å². The predicted molar refractivity (Wildman–Crippen MR) is 69.5 cm³/mol. The Labute approximate surface area is 110 Å². The summed E-state index contributed by atoms with van der Waals surface area (Å²) in [6.07, 6.45) is 4.07. The third-order valence-electron chi connectivity index (χ3n) is 2.87. The molecule has 2 rings (SSSR count). The SMILES string of the molecule is O=C(CN(CCCCO)C1CC1)Nc1nncs1. The Balaban J connectivity index is 1.75. The summed E-state index contributed by atoms with van der Waals surface area (Å²) in [7, 11) is 0. The molecule has 1 aromatic heterocycles. The number of amides is 1. The van der Waals surface area contributed by atoms with Gasteiger partial charge >= 0.3 is 0 Å². The van der Waals surface area contributed by atoms with E-state index in [2.05, 4.69) is 20.4 Å². The summed E-state index contributed by atoms with van der Waals surface area (Å²) in [5.41, 5.74) is 1.59. The smallest absolute Gasteiger partial charge is 0.240 e. The molecule has 1 aromatic rings. The highest BCUT2D eigenvalue weighted by Gasteiger charge is 2.29. The molecular weight excluding hydrogens is 252 g/mol. The van der Waals surface area contributed by atoms with Gasteiger partial charge in [-0.25, -0.2) is 0 Å². The van der Waals surface area contributed by atoms with Crippen LogP contribution < -0.4 is 5.32 Å². The average Bonchev–Trinajstić information content (AvgIpc) is 3.08. The Bertz CT molecular complexity index is 367. The topological polar surface area (TPSA) is 78.4 Å². The van der Waals surface area contributed by atoms with Crippen LogP contribution in [-0.2, 0) is 4.79 Å². The summed E-state index contributed by atoms with van der Waals surface area (Å²) in [6, 6.07) is 0.545. The maximum atomic E-state index is 11.8. The lowest BCUT2D eigenvalue weighted by Crippen LogP contribution is -2.35. The molecule has 1 aliphatic carbocycles. The number of carbonyl (C=O) groups excluding carboxylic acids is 1. The number of rotatable bonds is 8. The zero-order valence-corrected chi connectivity index (χ0v) is 11.0. The van der Waals surface area contributed by atoms with Crippen molar-refractivity contribution in [2.75, 3.05) is 25.0 Å². The number of nitrogens with zero attached hydrogens (tertiary/aromatic N) is 3. The van der Waals surface area contributed by atoms with Crippen molar-refractivity contribution in [1.29, 1.82) is 0 Å². The summed E-state index contributed by atoms with van der Waals surface area (Å²) < 4.78 is 0. The molecule has 0 spiro atoms. The molecule has 0 aromatic carbocycles. The first-order chi connectivity index (χ1) is 8.79. The van der Waals surface area contributed by atoms with Crippen LogP contribution in [0.15, 0.2) is 5.51 Å². The van der Waals surface area contributed by atoms with Gasteiger partial charge in [-0.1, -0.05) is 11.3 Å². The van der Waals surface area contributed by atoms with Gasteiger partial charge in [-0.3, -0.25) is 15.0 Å². The van der Waals surface area contributed by atoms with Gasteiger partial charge in [-0.05, 0) is 32.2 Å². The molecule has 1 fully saturated rings. The molecule has 1 amide bonds. The van der Waals surface area contributed by atoms with E-state index < -0.39 is 0 Å². The fourth-order valence-electron chi connectivity index (χ4n) is 1.83. The third-order valence-corrected chi connectivity index (χ3v) is 3.48. The number of carbonyl (C=O) groups is 1. The second-order valence-electron chi connectivity index (χ2n) is 4.42. The van der Waals surface area contributed by atoms with E-state index in [0.29, 0.717) is 17.7 Å². The van der Waals surface area contributed by atoms with Crippen LogP contribution in [-0.4, -0.2) is 51.8 Å². The standard InChI is InChI=1S/C11H18N4O2S/c16-6-2-1-5-15(9-3-4-9)7-10(17)13-11-14-12-8-18-11/h8-9,16H,1-7H2,(H,13,14,17). The lowest BCUT2D eigenvalue weighted by atomic mass is 10.3. The van der Waals surface area contributed by atoms with Crippen LogP contribution in [0.2, 0.25) is 0 Å². The Morgan fingerprint density at radius 2 is 2.39 bits per heavy atom. The van der Waals surface area contributed by atoms with Gasteiger partial charge in [0, 0.05) is 12.6 Å². The second kappa shape index (κ2) is 6.77. The van der Waals surface area contributed by atoms with Crippen molar-refractivity contribution in [1.82, 2.24) is 15.1 Å². The Kier molecular flexibility index (Phi) is 5.03. The van der Waals surface area contributed by atoms with Gasteiger partial charge in [0.2, 0.25) is 11.0 Å². The maximum Gasteiger partial charge on any atom is 0.240 e. The molecule has 0 bridgehead atoms. The van der Waals surface area contributed by atoms with Gasteiger partial charge in [0.25, 0.3) is 0 Å². The molecule has 0 atom stereocenters. The second-order valence-corrected chi connectivity index (χ2v) is 5.26. The van der Waals surface area contributed by atoms with Gasteiger partial charge in [0.1, 0.15) is 5.51 Å². The molecule has 2 N–H and O–H groups in total. The van der Waals surface area contributed by atoms with Crippen LogP contribution in [0.5, 0.6) is 0 Å². The van der Waals surface area contributed by atoms with E-state index in [0.717, 1.165) is 19.4 Å². The van der Waals surface area contributed by atoms with Crippen LogP contribution >= 0.6 is 11.3 Å². The molecule has 0 radical (unpaired) electrons. The van der Waals surface area contributed by atoms with Gasteiger partial charge in [0.05, 0.1) is 6.54 Å². The van der Waals surface area contributed by atoms with E-state index in [4.69, 9.17) is 5.11 Å². The van der Waals surface area contributed by atoms with Crippen molar-refractivity contribution in [3.63, 3.8) is 0 Å². The number of anilines is 1. The minimum absolute atomic E-state index is 0.0392. The molecule has 18 heavy (non-hydrogen) atoms. The molecule has 1 heterocycles. The Morgan fingerprint density at radius 1 is 1.56 bits per heavy atom. The molecule has 0 aliphatic heterocycles. The highest BCUT2D eigenvalue weighted by molar-refractivity contribution is 7.13. The summed E-state index contributed by atoms with van der Waals surface area (Å²) in [5, 5.41) is 19.5. The van der Waals surface area contributed by atoms with E-state index in [9.17, 15) is 4.79 Å². The van der Waals surface area contributed by atoms with E-state index >= 15 is 0 Å². The molecule has 0 saturated heterocycles. The van der Waals surface area contributed by atoms with Gasteiger partial charge in [-0.2, -0.15) is 0 Å². The van der Waals surface area contributed by atoms with Crippen molar-refractivity contribution < 1.29 is 9.90 Å². The first kappa shape index (κ1) is 13.4.